The van der Waals surface area contributed by atoms with Gasteiger partial charge >= 0.3 is 0 Å². The van der Waals surface area contributed by atoms with Crippen LogP contribution < -0.4 is 5.73 Å². The van der Waals surface area contributed by atoms with Crippen LogP contribution in [0.3, 0.4) is 0 Å². The Bertz CT molecular complexity index is 522. The molecule has 1 atom stereocenters. The highest BCUT2D eigenvalue weighted by Crippen LogP contribution is 2.22. The molecule has 90 valence electrons. The quantitative estimate of drug-likeness (QED) is 0.921. The first-order valence-corrected chi connectivity index (χ1v) is 6.74. The summed E-state index contributed by atoms with van der Waals surface area (Å²) in [7, 11) is 0. The number of thiazole rings is 1. The van der Waals surface area contributed by atoms with Crippen LogP contribution in [0.5, 0.6) is 0 Å². The normalized spacial score (nSPS) is 12.7. The summed E-state index contributed by atoms with van der Waals surface area (Å²) in [5.41, 5.74) is 9.41. The molecule has 2 aromatic rings. The van der Waals surface area contributed by atoms with Gasteiger partial charge in [-0.2, -0.15) is 0 Å². The molecule has 1 unspecified atom stereocenters. The van der Waals surface area contributed by atoms with E-state index in [1.807, 2.05) is 32.0 Å². The molecule has 1 aromatic heterocycles. The molecule has 0 aliphatic carbocycles. The number of benzene rings is 1. The molecule has 0 spiro atoms. The molecule has 0 bridgehead atoms. The summed E-state index contributed by atoms with van der Waals surface area (Å²) in [6.45, 7) is 4.00. The van der Waals surface area contributed by atoms with Crippen LogP contribution in [0.25, 0.3) is 0 Å². The maximum Gasteiger partial charge on any atom is 0.0897 e. The molecule has 0 amide bonds. The first-order valence-electron chi connectivity index (χ1n) is 5.49. The van der Waals surface area contributed by atoms with Gasteiger partial charge in [-0.3, -0.25) is 0 Å². The van der Waals surface area contributed by atoms with E-state index in [1.165, 1.54) is 0 Å². The topological polar surface area (TPSA) is 38.9 Å². The van der Waals surface area contributed by atoms with Crippen molar-refractivity contribution in [2.75, 3.05) is 0 Å². The molecular formula is C13H15ClN2S. The third-order valence-corrected chi connectivity index (χ3v) is 3.95. The van der Waals surface area contributed by atoms with E-state index >= 15 is 0 Å². The van der Waals surface area contributed by atoms with Crippen LogP contribution in [0.2, 0.25) is 5.02 Å². The number of aromatic nitrogens is 1. The number of hydrogen-bond acceptors (Lipinski definition) is 3. The number of aryl methyl sites for hydroxylation is 2. The van der Waals surface area contributed by atoms with E-state index in [9.17, 15) is 0 Å². The van der Waals surface area contributed by atoms with E-state index in [2.05, 4.69) is 10.4 Å². The number of hydrogen-bond donors (Lipinski definition) is 1. The average Bonchev–Trinajstić information content (AvgIpc) is 2.68. The molecule has 0 saturated carbocycles. The second-order valence-electron chi connectivity index (χ2n) is 4.18. The standard InChI is InChI=1S/C13H15ClN2S/c1-8-5-10(3-4-12(8)14)13(15)6-11-7-17-9(2)16-11/h3-5,7,13H,6,15H2,1-2H3. The SMILES string of the molecule is Cc1nc(CC(N)c2ccc(Cl)c(C)c2)cs1. The van der Waals surface area contributed by atoms with E-state index in [-0.39, 0.29) is 6.04 Å². The summed E-state index contributed by atoms with van der Waals surface area (Å²) in [5.74, 6) is 0. The van der Waals surface area contributed by atoms with E-state index in [4.69, 9.17) is 17.3 Å². The van der Waals surface area contributed by atoms with Crippen LogP contribution in [-0.4, -0.2) is 4.98 Å². The smallest absolute Gasteiger partial charge is 0.0897 e. The summed E-state index contributed by atoms with van der Waals surface area (Å²) < 4.78 is 0. The maximum atomic E-state index is 6.18. The van der Waals surface area contributed by atoms with Gasteiger partial charge in [0.2, 0.25) is 0 Å². The van der Waals surface area contributed by atoms with Crippen molar-refractivity contribution < 1.29 is 0 Å². The number of halogens is 1. The zero-order valence-corrected chi connectivity index (χ0v) is 11.5. The minimum atomic E-state index is -0.0209. The molecule has 2 N–H and O–H groups in total. The van der Waals surface area contributed by atoms with Crippen molar-refractivity contribution in [2.45, 2.75) is 26.3 Å². The van der Waals surface area contributed by atoms with Gasteiger partial charge in [0.15, 0.2) is 0 Å². The number of nitrogens with zero attached hydrogens (tertiary/aromatic N) is 1. The van der Waals surface area contributed by atoms with Crippen molar-refractivity contribution in [2.24, 2.45) is 5.73 Å². The lowest BCUT2D eigenvalue weighted by Crippen LogP contribution is -2.13. The monoisotopic (exact) mass is 266 g/mol. The summed E-state index contributed by atoms with van der Waals surface area (Å²) in [6, 6.07) is 5.91. The molecule has 17 heavy (non-hydrogen) atoms. The maximum absolute atomic E-state index is 6.18. The van der Waals surface area contributed by atoms with Gasteiger partial charge in [0.05, 0.1) is 10.7 Å². The van der Waals surface area contributed by atoms with Crippen LogP contribution >= 0.6 is 22.9 Å². The summed E-state index contributed by atoms with van der Waals surface area (Å²) in [6.07, 6.45) is 0.769. The molecule has 0 aliphatic heterocycles. The lowest BCUT2D eigenvalue weighted by atomic mass is 10.0. The molecule has 0 fully saturated rings. The molecule has 0 aliphatic rings. The zero-order chi connectivity index (χ0) is 12.4. The van der Waals surface area contributed by atoms with Crippen molar-refractivity contribution >= 4 is 22.9 Å². The van der Waals surface area contributed by atoms with E-state index in [1.54, 1.807) is 11.3 Å². The summed E-state index contributed by atoms with van der Waals surface area (Å²) >= 11 is 7.66. The lowest BCUT2D eigenvalue weighted by molar-refractivity contribution is 0.708. The minimum absolute atomic E-state index is 0.0209. The van der Waals surface area contributed by atoms with Gasteiger partial charge in [0.25, 0.3) is 0 Å². The van der Waals surface area contributed by atoms with Gasteiger partial charge in [0, 0.05) is 22.9 Å². The van der Waals surface area contributed by atoms with E-state index in [0.29, 0.717) is 0 Å². The highest BCUT2D eigenvalue weighted by atomic mass is 35.5. The Balaban J connectivity index is 2.14. The fourth-order valence-corrected chi connectivity index (χ4v) is 2.49. The van der Waals surface area contributed by atoms with Gasteiger partial charge in [-0.1, -0.05) is 23.7 Å². The predicted molar refractivity (Wildman–Crippen MR) is 73.7 cm³/mol. The van der Waals surface area contributed by atoms with Gasteiger partial charge in [-0.05, 0) is 31.0 Å². The predicted octanol–water partition coefficient (Wildman–Crippen LogP) is 3.66. The molecule has 1 aromatic carbocycles. The molecule has 4 heteroatoms. The third kappa shape index (κ3) is 3.06. The Morgan fingerprint density at radius 3 is 2.76 bits per heavy atom. The largest absolute Gasteiger partial charge is 0.324 e. The van der Waals surface area contributed by atoms with Crippen LogP contribution in [0, 0.1) is 13.8 Å². The van der Waals surface area contributed by atoms with Crippen molar-refractivity contribution in [3.8, 4) is 0 Å². The Morgan fingerprint density at radius 1 is 1.41 bits per heavy atom. The van der Waals surface area contributed by atoms with Gasteiger partial charge in [0.1, 0.15) is 0 Å². The molecule has 0 saturated heterocycles. The van der Waals surface area contributed by atoms with Crippen LogP contribution in [0.15, 0.2) is 23.6 Å². The van der Waals surface area contributed by atoms with Crippen molar-refractivity contribution in [1.82, 2.24) is 4.98 Å². The van der Waals surface area contributed by atoms with Crippen LogP contribution in [0.4, 0.5) is 0 Å². The van der Waals surface area contributed by atoms with Crippen molar-refractivity contribution in [3.63, 3.8) is 0 Å². The average molecular weight is 267 g/mol. The van der Waals surface area contributed by atoms with Crippen LogP contribution in [0.1, 0.15) is 27.9 Å². The molecule has 1 heterocycles. The molecule has 2 nitrogen and oxygen atoms in total. The molecular weight excluding hydrogens is 252 g/mol. The third-order valence-electron chi connectivity index (χ3n) is 2.71. The van der Waals surface area contributed by atoms with Crippen molar-refractivity contribution in [1.29, 1.82) is 0 Å². The van der Waals surface area contributed by atoms with Crippen molar-refractivity contribution in [3.05, 3.63) is 50.4 Å². The van der Waals surface area contributed by atoms with Gasteiger partial charge < -0.3 is 5.73 Å². The minimum Gasteiger partial charge on any atom is -0.324 e. The molecule has 2 rings (SSSR count). The second kappa shape index (κ2) is 5.17. The summed E-state index contributed by atoms with van der Waals surface area (Å²) in [4.78, 5) is 4.43. The molecule has 0 radical (unpaired) electrons. The highest BCUT2D eigenvalue weighted by molar-refractivity contribution is 7.09. The Labute approximate surface area is 110 Å². The van der Waals surface area contributed by atoms with E-state index < -0.39 is 0 Å². The Morgan fingerprint density at radius 2 is 2.18 bits per heavy atom. The first-order chi connectivity index (χ1) is 8.06. The summed E-state index contributed by atoms with van der Waals surface area (Å²) in [5, 5.41) is 3.93. The lowest BCUT2D eigenvalue weighted by Gasteiger charge is -2.11. The fraction of sp³-hybridized carbons (Fsp3) is 0.308. The first kappa shape index (κ1) is 12.6. The van der Waals surface area contributed by atoms with Gasteiger partial charge in [-0.25, -0.2) is 4.98 Å². The Kier molecular flexibility index (Phi) is 3.82. The fourth-order valence-electron chi connectivity index (χ4n) is 1.74. The van der Waals surface area contributed by atoms with E-state index in [0.717, 1.165) is 33.3 Å². The Hall–Kier alpha value is -0.900. The number of rotatable bonds is 3. The highest BCUT2D eigenvalue weighted by Gasteiger charge is 2.10. The zero-order valence-electron chi connectivity index (χ0n) is 9.90. The number of nitrogens with two attached hydrogens (primary N) is 1. The van der Waals surface area contributed by atoms with Gasteiger partial charge in [-0.15, -0.1) is 11.3 Å². The second-order valence-corrected chi connectivity index (χ2v) is 5.65. The van der Waals surface area contributed by atoms with Crippen LogP contribution in [-0.2, 0) is 6.42 Å².